The number of piperazine rings is 1. The normalized spacial score (nSPS) is 14.3. The minimum atomic E-state index is -3.76. The topological polar surface area (TPSA) is 96.0 Å². The third kappa shape index (κ3) is 6.59. The first kappa shape index (κ1) is 27.3. The molecule has 0 bridgehead atoms. The van der Waals surface area contributed by atoms with E-state index in [1.165, 1.54) is 15.3 Å². The van der Waals surface area contributed by atoms with Crippen molar-refractivity contribution < 1.29 is 22.7 Å². The van der Waals surface area contributed by atoms with Crippen LogP contribution in [0.3, 0.4) is 0 Å². The molecule has 0 aromatic heterocycles. The van der Waals surface area contributed by atoms with Gasteiger partial charge in [-0.1, -0.05) is 22.0 Å². The minimum Gasteiger partial charge on any atom is -0.457 e. The first-order valence-electron chi connectivity index (χ1n) is 11.4. The Bertz CT molecular complexity index is 1420. The molecule has 1 aliphatic rings. The Kier molecular flexibility index (Phi) is 8.37. The van der Waals surface area contributed by atoms with E-state index in [2.05, 4.69) is 43.2 Å². The highest BCUT2D eigenvalue weighted by Crippen LogP contribution is 2.29. The van der Waals surface area contributed by atoms with Crippen molar-refractivity contribution in [1.29, 1.82) is 0 Å². The van der Waals surface area contributed by atoms with Gasteiger partial charge in [0.25, 0.3) is 0 Å². The van der Waals surface area contributed by atoms with Crippen LogP contribution in [0, 0.1) is 13.8 Å². The zero-order valence-corrected chi connectivity index (χ0v) is 24.2. The number of aryl methyl sites for hydroxylation is 2. The van der Waals surface area contributed by atoms with Gasteiger partial charge < -0.3 is 15.0 Å². The molecule has 3 aromatic carbocycles. The summed E-state index contributed by atoms with van der Waals surface area (Å²) in [5.41, 5.74) is 2.64. The van der Waals surface area contributed by atoms with Crippen molar-refractivity contribution >= 4 is 59.4 Å². The summed E-state index contributed by atoms with van der Waals surface area (Å²) < 4.78 is 34.4. The third-order valence-corrected chi connectivity index (χ3v) is 9.16. The van der Waals surface area contributed by atoms with Gasteiger partial charge in [0.15, 0.2) is 0 Å². The Morgan fingerprint density at radius 3 is 2.08 bits per heavy atom. The molecule has 0 saturated carbocycles. The lowest BCUT2D eigenvalue weighted by Crippen LogP contribution is -2.52. The zero-order valence-electron chi connectivity index (χ0n) is 20.2. The summed E-state index contributed by atoms with van der Waals surface area (Å²) in [6.45, 7) is 4.39. The van der Waals surface area contributed by atoms with E-state index in [1.807, 2.05) is 26.0 Å². The van der Waals surface area contributed by atoms with Crippen LogP contribution in [0.15, 0.2) is 74.5 Å². The van der Waals surface area contributed by atoms with Crippen molar-refractivity contribution in [1.82, 2.24) is 9.21 Å². The molecule has 1 N–H and O–H groups in total. The van der Waals surface area contributed by atoms with Crippen LogP contribution in [0.1, 0.15) is 11.1 Å². The number of ether oxygens (including phenoxy) is 1. The number of nitrogens with zero attached hydrogens (tertiary/aromatic N) is 2. The number of nitrogens with one attached hydrogen (secondary N) is 1. The van der Waals surface area contributed by atoms with E-state index in [4.69, 9.17) is 4.74 Å². The average molecular weight is 651 g/mol. The van der Waals surface area contributed by atoms with Crippen molar-refractivity contribution in [3.8, 4) is 11.5 Å². The highest BCUT2D eigenvalue weighted by Gasteiger charge is 2.33. The summed E-state index contributed by atoms with van der Waals surface area (Å²) in [6, 6.07) is 17.6. The molecule has 0 aliphatic carbocycles. The molecule has 194 valence electrons. The van der Waals surface area contributed by atoms with Crippen LogP contribution in [0.2, 0.25) is 0 Å². The molecule has 3 aromatic rings. The van der Waals surface area contributed by atoms with E-state index in [-0.39, 0.29) is 31.1 Å². The first-order valence-corrected chi connectivity index (χ1v) is 14.5. The molecule has 1 saturated heterocycles. The summed E-state index contributed by atoms with van der Waals surface area (Å²) in [4.78, 5) is 26.8. The van der Waals surface area contributed by atoms with E-state index in [0.29, 0.717) is 20.4 Å². The Balaban J connectivity index is 1.33. The number of benzene rings is 3. The second kappa shape index (κ2) is 11.3. The van der Waals surface area contributed by atoms with Gasteiger partial charge in [0.05, 0.1) is 4.90 Å². The Morgan fingerprint density at radius 2 is 1.46 bits per heavy atom. The number of rotatable bonds is 5. The van der Waals surface area contributed by atoms with Crippen LogP contribution in [-0.4, -0.2) is 55.6 Å². The van der Waals surface area contributed by atoms with Gasteiger partial charge in [0, 0.05) is 40.8 Å². The van der Waals surface area contributed by atoms with Crippen molar-refractivity contribution in [2.75, 3.05) is 31.5 Å². The molecule has 0 radical (unpaired) electrons. The van der Waals surface area contributed by atoms with E-state index in [1.54, 1.807) is 36.4 Å². The predicted molar refractivity (Wildman–Crippen MR) is 148 cm³/mol. The van der Waals surface area contributed by atoms with Gasteiger partial charge in [-0.3, -0.25) is 9.59 Å². The molecule has 1 aliphatic heterocycles. The summed E-state index contributed by atoms with van der Waals surface area (Å²) >= 11 is 6.59. The summed E-state index contributed by atoms with van der Waals surface area (Å²) in [5, 5.41) is 2.60. The van der Waals surface area contributed by atoms with E-state index < -0.39 is 21.8 Å². The summed E-state index contributed by atoms with van der Waals surface area (Å²) in [6.07, 6.45) is 0. The Morgan fingerprint density at radius 1 is 0.838 bits per heavy atom. The van der Waals surface area contributed by atoms with Crippen molar-refractivity contribution in [2.24, 2.45) is 0 Å². The predicted octanol–water partition coefficient (Wildman–Crippen LogP) is 5.09. The van der Waals surface area contributed by atoms with Gasteiger partial charge in [-0.25, -0.2) is 8.42 Å². The fourth-order valence-corrected chi connectivity index (χ4v) is 6.89. The van der Waals surface area contributed by atoms with Crippen LogP contribution in [0.4, 0.5) is 5.69 Å². The van der Waals surface area contributed by atoms with Crippen LogP contribution in [-0.2, 0) is 19.6 Å². The van der Waals surface area contributed by atoms with Gasteiger partial charge in [-0.2, -0.15) is 4.31 Å². The number of carbonyl (C=O) groups excluding carboxylic acids is 2. The number of hydrogen-bond donors (Lipinski definition) is 1. The largest absolute Gasteiger partial charge is 0.457 e. The zero-order chi connectivity index (χ0) is 26.7. The minimum absolute atomic E-state index is 0.0881. The number of halogens is 2. The summed E-state index contributed by atoms with van der Waals surface area (Å²) in [5.74, 6) is -0.174. The fourth-order valence-electron chi connectivity index (χ4n) is 4.01. The molecular weight excluding hydrogens is 626 g/mol. The van der Waals surface area contributed by atoms with Crippen LogP contribution < -0.4 is 10.1 Å². The van der Waals surface area contributed by atoms with Gasteiger partial charge in [0.2, 0.25) is 10.0 Å². The van der Waals surface area contributed by atoms with Crippen LogP contribution >= 0.6 is 31.9 Å². The highest BCUT2D eigenvalue weighted by molar-refractivity contribution is 9.11. The third-order valence-electron chi connectivity index (χ3n) is 5.77. The number of anilines is 1. The average Bonchev–Trinajstić information content (AvgIpc) is 2.85. The van der Waals surface area contributed by atoms with Gasteiger partial charge in [-0.15, -0.1) is 0 Å². The SMILES string of the molecule is Cc1cc(C)cc(Oc2ccc(NC(=O)C(=O)N3CCN(S(=O)(=O)c4cc(Br)ccc4Br)CC3)cc2)c1. The lowest BCUT2D eigenvalue weighted by molar-refractivity contribution is -0.143. The molecule has 2 amide bonds. The fraction of sp³-hybridized carbons (Fsp3) is 0.231. The second-order valence-electron chi connectivity index (χ2n) is 8.68. The number of hydrogen-bond acceptors (Lipinski definition) is 5. The maximum absolute atomic E-state index is 13.1. The first-order chi connectivity index (χ1) is 17.5. The summed E-state index contributed by atoms with van der Waals surface area (Å²) in [7, 11) is -3.76. The molecule has 0 spiro atoms. The van der Waals surface area contributed by atoms with Crippen LogP contribution in [0.5, 0.6) is 11.5 Å². The smallest absolute Gasteiger partial charge is 0.313 e. The number of carbonyl (C=O) groups is 2. The van der Waals surface area contributed by atoms with Crippen molar-refractivity contribution in [3.63, 3.8) is 0 Å². The molecule has 1 heterocycles. The van der Waals surface area contributed by atoms with Gasteiger partial charge in [-0.05, 0) is 95.5 Å². The number of sulfonamides is 1. The maximum Gasteiger partial charge on any atom is 0.313 e. The molecule has 8 nitrogen and oxygen atoms in total. The monoisotopic (exact) mass is 649 g/mol. The molecular formula is C26H25Br2N3O5S. The van der Waals surface area contributed by atoms with E-state index in [0.717, 1.165) is 16.9 Å². The maximum atomic E-state index is 13.1. The second-order valence-corrected chi connectivity index (χ2v) is 12.4. The molecule has 37 heavy (non-hydrogen) atoms. The molecule has 0 unspecified atom stereocenters. The standard InChI is InChI=1S/C26H25Br2N3O5S/c1-17-13-18(2)15-22(14-17)36-21-6-4-20(5-7-21)29-25(32)26(33)30-9-11-31(12-10-30)37(34,35)24-16-19(27)3-8-23(24)28/h3-8,13-16H,9-12H2,1-2H3,(H,29,32). The lowest BCUT2D eigenvalue weighted by Gasteiger charge is -2.33. The molecule has 11 heteroatoms. The van der Waals surface area contributed by atoms with Crippen LogP contribution in [0.25, 0.3) is 0 Å². The van der Waals surface area contributed by atoms with E-state index in [9.17, 15) is 18.0 Å². The van der Waals surface area contributed by atoms with Crippen molar-refractivity contribution in [2.45, 2.75) is 18.7 Å². The highest BCUT2D eigenvalue weighted by atomic mass is 79.9. The molecule has 4 rings (SSSR count). The Labute approximate surface area is 232 Å². The molecule has 0 atom stereocenters. The van der Waals surface area contributed by atoms with E-state index >= 15 is 0 Å². The molecule has 1 fully saturated rings. The lowest BCUT2D eigenvalue weighted by atomic mass is 10.1. The van der Waals surface area contributed by atoms with Gasteiger partial charge in [0.1, 0.15) is 11.5 Å². The van der Waals surface area contributed by atoms with Crippen molar-refractivity contribution in [3.05, 3.63) is 80.7 Å². The quantitative estimate of drug-likeness (QED) is 0.388. The number of amides is 2. The Hall–Kier alpha value is -2.73. The van der Waals surface area contributed by atoms with Gasteiger partial charge >= 0.3 is 11.8 Å².